The maximum atomic E-state index is 5.48. The normalized spacial score (nSPS) is 22.9. The van der Waals surface area contributed by atoms with Crippen LogP contribution in [0.4, 0.5) is 0 Å². The molecule has 1 N–H and O–H groups in total. The van der Waals surface area contributed by atoms with Gasteiger partial charge in [0.05, 0.1) is 6.10 Å². The van der Waals surface area contributed by atoms with Gasteiger partial charge in [0, 0.05) is 13.2 Å². The fraction of sp³-hybridized carbons (Fsp3) is 0.800. The van der Waals surface area contributed by atoms with E-state index in [1.807, 2.05) is 0 Å². The van der Waals surface area contributed by atoms with Crippen molar-refractivity contribution in [1.82, 2.24) is 5.32 Å². The second kappa shape index (κ2) is 5.33. The predicted octanol–water partition coefficient (Wildman–Crippen LogP) is 1.72. The molecule has 1 saturated heterocycles. The van der Waals surface area contributed by atoms with Crippen LogP contribution >= 0.6 is 0 Å². The molecule has 1 aliphatic heterocycles. The number of rotatable bonds is 5. The van der Waals surface area contributed by atoms with Crippen LogP contribution in [0.5, 0.6) is 0 Å². The van der Waals surface area contributed by atoms with Gasteiger partial charge < -0.3 is 10.1 Å². The van der Waals surface area contributed by atoms with Crippen LogP contribution in [0.25, 0.3) is 0 Å². The molecular weight excluding hydrogens is 150 g/mol. The summed E-state index contributed by atoms with van der Waals surface area (Å²) < 4.78 is 5.48. The van der Waals surface area contributed by atoms with Crippen LogP contribution in [-0.2, 0) is 4.74 Å². The predicted molar refractivity (Wildman–Crippen MR) is 51.3 cm³/mol. The van der Waals surface area contributed by atoms with Crippen molar-refractivity contribution in [3.05, 3.63) is 12.2 Å². The highest BCUT2D eigenvalue weighted by atomic mass is 16.5. The van der Waals surface area contributed by atoms with Crippen molar-refractivity contribution in [2.45, 2.75) is 32.3 Å². The molecule has 0 spiro atoms. The fourth-order valence-corrected chi connectivity index (χ4v) is 1.37. The maximum absolute atomic E-state index is 5.48. The van der Waals surface area contributed by atoms with Crippen LogP contribution in [0, 0.1) is 0 Å². The summed E-state index contributed by atoms with van der Waals surface area (Å²) in [6.07, 6.45) is 4.00. The third-order valence-corrected chi connectivity index (χ3v) is 2.12. The maximum Gasteiger partial charge on any atom is 0.0700 e. The van der Waals surface area contributed by atoms with Gasteiger partial charge in [0.2, 0.25) is 0 Å². The molecule has 0 bridgehead atoms. The lowest BCUT2D eigenvalue weighted by molar-refractivity contribution is 0.110. The minimum atomic E-state index is 0.468. The molecule has 1 heterocycles. The van der Waals surface area contributed by atoms with Crippen molar-refractivity contribution >= 4 is 0 Å². The lowest BCUT2D eigenvalue weighted by Crippen LogP contribution is -2.27. The molecule has 1 atom stereocenters. The van der Waals surface area contributed by atoms with Gasteiger partial charge in [-0.05, 0) is 32.7 Å². The van der Waals surface area contributed by atoms with Crippen LogP contribution < -0.4 is 5.32 Å². The first-order chi connectivity index (χ1) is 5.79. The number of hydrogen-bond donors (Lipinski definition) is 1. The Morgan fingerprint density at radius 3 is 3.08 bits per heavy atom. The van der Waals surface area contributed by atoms with Crippen LogP contribution in [-0.4, -0.2) is 25.8 Å². The monoisotopic (exact) mass is 169 g/mol. The highest BCUT2D eigenvalue weighted by Gasteiger charge is 2.13. The van der Waals surface area contributed by atoms with Crippen molar-refractivity contribution in [1.29, 1.82) is 0 Å². The molecule has 1 unspecified atom stereocenters. The second-order valence-electron chi connectivity index (χ2n) is 3.55. The molecule has 0 saturated carbocycles. The Morgan fingerprint density at radius 2 is 2.50 bits per heavy atom. The SMILES string of the molecule is C=C(C)CCNCC1CCCO1. The largest absolute Gasteiger partial charge is 0.377 e. The first kappa shape index (κ1) is 9.75. The smallest absolute Gasteiger partial charge is 0.0700 e. The average molecular weight is 169 g/mol. The molecule has 1 fully saturated rings. The Morgan fingerprint density at radius 1 is 1.67 bits per heavy atom. The van der Waals surface area contributed by atoms with Gasteiger partial charge in [-0.2, -0.15) is 0 Å². The van der Waals surface area contributed by atoms with Gasteiger partial charge >= 0.3 is 0 Å². The number of nitrogens with one attached hydrogen (secondary N) is 1. The molecule has 1 rings (SSSR count). The Kier molecular flexibility index (Phi) is 4.33. The van der Waals surface area contributed by atoms with Crippen LogP contribution in [0.2, 0.25) is 0 Å². The number of ether oxygens (including phenoxy) is 1. The van der Waals surface area contributed by atoms with Gasteiger partial charge in [-0.3, -0.25) is 0 Å². The third kappa shape index (κ3) is 3.88. The lowest BCUT2D eigenvalue weighted by Gasteiger charge is -2.10. The van der Waals surface area contributed by atoms with E-state index in [1.54, 1.807) is 0 Å². The van der Waals surface area contributed by atoms with E-state index in [-0.39, 0.29) is 0 Å². The first-order valence-electron chi connectivity index (χ1n) is 4.76. The Balaban J connectivity index is 1.91. The standard InChI is InChI=1S/C10H19NO/c1-9(2)5-6-11-8-10-4-3-7-12-10/h10-11H,1,3-8H2,2H3. The molecule has 0 aromatic carbocycles. The Bertz CT molecular complexity index is 139. The Hall–Kier alpha value is -0.340. The van der Waals surface area contributed by atoms with Crippen LogP contribution in [0.3, 0.4) is 0 Å². The summed E-state index contributed by atoms with van der Waals surface area (Å²) in [7, 11) is 0. The van der Waals surface area contributed by atoms with E-state index >= 15 is 0 Å². The molecule has 2 nitrogen and oxygen atoms in total. The molecule has 0 aromatic rings. The summed E-state index contributed by atoms with van der Waals surface area (Å²) >= 11 is 0. The van der Waals surface area contributed by atoms with Gasteiger partial charge in [0.15, 0.2) is 0 Å². The lowest BCUT2D eigenvalue weighted by atomic mass is 10.2. The van der Waals surface area contributed by atoms with E-state index in [9.17, 15) is 0 Å². The second-order valence-corrected chi connectivity index (χ2v) is 3.55. The van der Waals surface area contributed by atoms with Gasteiger partial charge in [0.1, 0.15) is 0 Å². The van der Waals surface area contributed by atoms with Crippen molar-refractivity contribution in [3.63, 3.8) is 0 Å². The van der Waals surface area contributed by atoms with Gasteiger partial charge in [0.25, 0.3) is 0 Å². The molecule has 0 amide bonds. The molecule has 1 aliphatic rings. The molecule has 0 aliphatic carbocycles. The van der Waals surface area contributed by atoms with Gasteiger partial charge in [-0.1, -0.05) is 5.57 Å². The summed E-state index contributed by atoms with van der Waals surface area (Å²) in [5, 5.41) is 3.37. The zero-order chi connectivity index (χ0) is 8.81. The minimum absolute atomic E-state index is 0.468. The van der Waals surface area contributed by atoms with E-state index in [0.717, 1.165) is 26.1 Å². The third-order valence-electron chi connectivity index (χ3n) is 2.12. The summed E-state index contributed by atoms with van der Waals surface area (Å²) in [5.74, 6) is 0. The van der Waals surface area contributed by atoms with E-state index in [1.165, 1.54) is 18.4 Å². The molecule has 70 valence electrons. The van der Waals surface area contributed by atoms with E-state index in [4.69, 9.17) is 4.74 Å². The van der Waals surface area contributed by atoms with Crippen LogP contribution in [0.1, 0.15) is 26.2 Å². The summed E-state index contributed by atoms with van der Waals surface area (Å²) in [4.78, 5) is 0. The zero-order valence-electron chi connectivity index (χ0n) is 7.94. The van der Waals surface area contributed by atoms with E-state index in [0.29, 0.717) is 6.10 Å². The molecule has 12 heavy (non-hydrogen) atoms. The Labute approximate surface area is 75.0 Å². The minimum Gasteiger partial charge on any atom is -0.377 e. The topological polar surface area (TPSA) is 21.3 Å². The first-order valence-corrected chi connectivity index (χ1v) is 4.76. The molecule has 2 heteroatoms. The molecule has 0 aromatic heterocycles. The van der Waals surface area contributed by atoms with Crippen LogP contribution in [0.15, 0.2) is 12.2 Å². The van der Waals surface area contributed by atoms with Gasteiger partial charge in [-0.15, -0.1) is 6.58 Å². The molecule has 0 radical (unpaired) electrons. The summed E-state index contributed by atoms with van der Waals surface area (Å²) in [6.45, 7) is 8.91. The van der Waals surface area contributed by atoms with Gasteiger partial charge in [-0.25, -0.2) is 0 Å². The summed E-state index contributed by atoms with van der Waals surface area (Å²) in [6, 6.07) is 0. The fourth-order valence-electron chi connectivity index (χ4n) is 1.37. The van der Waals surface area contributed by atoms with Crippen molar-refractivity contribution in [2.24, 2.45) is 0 Å². The summed E-state index contributed by atoms with van der Waals surface area (Å²) in [5.41, 5.74) is 1.25. The quantitative estimate of drug-likeness (QED) is 0.500. The van der Waals surface area contributed by atoms with Crippen molar-refractivity contribution < 1.29 is 4.74 Å². The average Bonchev–Trinajstić information content (AvgIpc) is 2.49. The van der Waals surface area contributed by atoms with E-state index < -0.39 is 0 Å². The zero-order valence-corrected chi connectivity index (χ0v) is 7.94. The molecular formula is C10H19NO. The van der Waals surface area contributed by atoms with Crippen molar-refractivity contribution in [3.8, 4) is 0 Å². The highest BCUT2D eigenvalue weighted by Crippen LogP contribution is 2.10. The van der Waals surface area contributed by atoms with E-state index in [2.05, 4.69) is 18.8 Å². The highest BCUT2D eigenvalue weighted by molar-refractivity contribution is 4.88. The van der Waals surface area contributed by atoms with Crippen molar-refractivity contribution in [2.75, 3.05) is 19.7 Å². The number of hydrogen-bond acceptors (Lipinski definition) is 2.